The number of hydrogen-bond donors (Lipinski definition) is 1. The Kier molecular flexibility index (Phi) is 4.60. The molecule has 9 heteroatoms. The van der Waals surface area contributed by atoms with Gasteiger partial charge in [0.15, 0.2) is 0 Å². The smallest absolute Gasteiger partial charge is 0.255 e. The quantitative estimate of drug-likeness (QED) is 0.793. The molecule has 1 amide bonds. The minimum atomic E-state index is -3.25. The Hall–Kier alpha value is -1.58. The molecular weight excluding hydrogens is 320 g/mol. The van der Waals surface area contributed by atoms with Crippen molar-refractivity contribution in [2.24, 2.45) is 11.8 Å². The van der Waals surface area contributed by atoms with E-state index in [0.717, 1.165) is 12.7 Å². The normalized spacial score (nSPS) is 27.7. The van der Waals surface area contributed by atoms with Crippen LogP contribution < -0.4 is 4.72 Å². The van der Waals surface area contributed by atoms with E-state index >= 15 is 0 Å². The molecule has 0 aromatic carbocycles. The Balaban J connectivity index is 1.66. The van der Waals surface area contributed by atoms with Crippen LogP contribution in [0.2, 0.25) is 0 Å². The number of aromatic nitrogens is 2. The molecule has 2 fully saturated rings. The van der Waals surface area contributed by atoms with Gasteiger partial charge in [0.1, 0.15) is 0 Å². The predicted molar refractivity (Wildman–Crippen MR) is 82.1 cm³/mol. The van der Waals surface area contributed by atoms with E-state index in [1.807, 2.05) is 0 Å². The van der Waals surface area contributed by atoms with Crippen molar-refractivity contribution in [3.8, 4) is 0 Å². The second-order valence-electron chi connectivity index (χ2n) is 6.09. The third kappa shape index (κ3) is 3.85. The summed E-state index contributed by atoms with van der Waals surface area (Å²) in [6, 6.07) is 1.65. The van der Waals surface area contributed by atoms with Crippen LogP contribution in [0.1, 0.15) is 16.8 Å². The van der Waals surface area contributed by atoms with E-state index in [9.17, 15) is 13.2 Å². The lowest BCUT2D eigenvalue weighted by Gasteiger charge is -2.36. The Morgan fingerprint density at radius 2 is 2.30 bits per heavy atom. The lowest BCUT2D eigenvalue weighted by Crippen LogP contribution is -2.47. The number of rotatable bonds is 4. The fourth-order valence-corrected chi connectivity index (χ4v) is 3.72. The zero-order valence-corrected chi connectivity index (χ0v) is 13.7. The number of fused-ring (bicyclic) bond motifs is 1. The van der Waals surface area contributed by atoms with Crippen molar-refractivity contribution in [1.82, 2.24) is 19.8 Å². The van der Waals surface area contributed by atoms with Crippen molar-refractivity contribution in [3.05, 3.63) is 24.0 Å². The lowest BCUT2D eigenvalue weighted by atomic mass is 9.84. The molecule has 0 saturated carbocycles. The zero-order valence-electron chi connectivity index (χ0n) is 12.9. The fraction of sp³-hybridized carbons (Fsp3) is 0.643. The number of carbonyl (C=O) groups excluding carboxylic acids is 1. The number of nitrogens with zero attached hydrogens (tertiary/aromatic N) is 3. The number of nitrogens with one attached hydrogen (secondary N) is 1. The van der Waals surface area contributed by atoms with E-state index in [1.54, 1.807) is 11.0 Å². The highest BCUT2D eigenvalue weighted by molar-refractivity contribution is 7.88. The average Bonchev–Trinajstić information content (AvgIpc) is 2.94. The standard InChI is InChI=1S/C14H20N4O4S/c1-23(20,21)17-7-13-12-8-18(5-3-11(12)9-22-13)14(19)10-2-4-15-16-6-10/h2,4,6,11-13,17H,3,5,7-9H2,1H3/t11-,12-,13-/m0/s1. The number of amides is 1. The molecule has 3 heterocycles. The first kappa shape index (κ1) is 16.3. The van der Waals surface area contributed by atoms with Crippen molar-refractivity contribution in [1.29, 1.82) is 0 Å². The maximum atomic E-state index is 12.5. The molecule has 8 nitrogen and oxygen atoms in total. The maximum Gasteiger partial charge on any atom is 0.255 e. The molecule has 0 bridgehead atoms. The van der Waals surface area contributed by atoms with E-state index in [2.05, 4.69) is 14.9 Å². The monoisotopic (exact) mass is 340 g/mol. The van der Waals surface area contributed by atoms with Gasteiger partial charge in [-0.2, -0.15) is 10.2 Å². The van der Waals surface area contributed by atoms with Crippen LogP contribution in [0.3, 0.4) is 0 Å². The first-order valence-corrected chi connectivity index (χ1v) is 9.45. The van der Waals surface area contributed by atoms with E-state index in [4.69, 9.17) is 4.74 Å². The molecule has 0 spiro atoms. The zero-order chi connectivity index (χ0) is 16.4. The summed E-state index contributed by atoms with van der Waals surface area (Å²) in [5.74, 6) is 0.456. The molecule has 0 aliphatic carbocycles. The molecule has 0 unspecified atom stereocenters. The van der Waals surface area contributed by atoms with Crippen LogP contribution in [0.25, 0.3) is 0 Å². The molecule has 0 radical (unpaired) electrons. The molecule has 126 valence electrons. The number of piperidine rings is 1. The minimum absolute atomic E-state index is 0.0694. The predicted octanol–water partition coefficient (Wildman–Crippen LogP) is -0.497. The molecule has 23 heavy (non-hydrogen) atoms. The van der Waals surface area contributed by atoms with Crippen molar-refractivity contribution in [3.63, 3.8) is 0 Å². The van der Waals surface area contributed by atoms with Gasteiger partial charge in [-0.25, -0.2) is 13.1 Å². The fourth-order valence-electron chi connectivity index (χ4n) is 3.26. The molecule has 2 saturated heterocycles. The number of carbonyl (C=O) groups is 1. The lowest BCUT2D eigenvalue weighted by molar-refractivity contribution is 0.0562. The van der Waals surface area contributed by atoms with Crippen LogP contribution >= 0.6 is 0 Å². The molecule has 3 atom stereocenters. The highest BCUT2D eigenvalue weighted by Crippen LogP contribution is 2.34. The van der Waals surface area contributed by atoms with Gasteiger partial charge in [0.25, 0.3) is 5.91 Å². The number of likely N-dealkylation sites (tertiary alicyclic amines) is 1. The Morgan fingerprint density at radius 1 is 1.48 bits per heavy atom. The van der Waals surface area contributed by atoms with Gasteiger partial charge in [-0.3, -0.25) is 4.79 Å². The largest absolute Gasteiger partial charge is 0.376 e. The van der Waals surface area contributed by atoms with Crippen LogP contribution in [-0.2, 0) is 14.8 Å². The van der Waals surface area contributed by atoms with Crippen molar-refractivity contribution >= 4 is 15.9 Å². The molecule has 1 aromatic rings. The van der Waals surface area contributed by atoms with Gasteiger partial charge < -0.3 is 9.64 Å². The van der Waals surface area contributed by atoms with Gasteiger partial charge >= 0.3 is 0 Å². The SMILES string of the molecule is CS(=O)(=O)NC[C@@H]1OC[C@@H]2CCN(C(=O)c3ccnnc3)C[C@@H]21. The van der Waals surface area contributed by atoms with Gasteiger partial charge in [0.05, 0.1) is 36.9 Å². The van der Waals surface area contributed by atoms with E-state index in [0.29, 0.717) is 31.2 Å². The third-order valence-electron chi connectivity index (χ3n) is 4.47. The minimum Gasteiger partial charge on any atom is -0.376 e. The number of hydrogen-bond acceptors (Lipinski definition) is 6. The molecule has 2 aliphatic heterocycles. The van der Waals surface area contributed by atoms with Crippen molar-refractivity contribution < 1.29 is 17.9 Å². The van der Waals surface area contributed by atoms with Gasteiger partial charge in [-0.15, -0.1) is 0 Å². The highest BCUT2D eigenvalue weighted by Gasteiger charge is 2.42. The second kappa shape index (κ2) is 6.50. The molecule has 3 rings (SSSR count). The second-order valence-corrected chi connectivity index (χ2v) is 7.92. The van der Waals surface area contributed by atoms with Crippen LogP contribution in [0, 0.1) is 11.8 Å². The molecular formula is C14H20N4O4S. The Bertz CT molecular complexity index is 667. The van der Waals surface area contributed by atoms with E-state index < -0.39 is 10.0 Å². The summed E-state index contributed by atoms with van der Waals surface area (Å²) >= 11 is 0. The van der Waals surface area contributed by atoms with Crippen molar-refractivity contribution in [2.45, 2.75) is 12.5 Å². The van der Waals surface area contributed by atoms with Crippen LogP contribution in [0.15, 0.2) is 18.5 Å². The summed E-state index contributed by atoms with van der Waals surface area (Å²) in [6.45, 7) is 2.12. The van der Waals surface area contributed by atoms with Gasteiger partial charge in [-0.1, -0.05) is 0 Å². The van der Waals surface area contributed by atoms with E-state index in [-0.39, 0.29) is 24.5 Å². The van der Waals surface area contributed by atoms with Crippen LogP contribution in [-0.4, -0.2) is 68.0 Å². The Morgan fingerprint density at radius 3 is 3.00 bits per heavy atom. The first-order valence-electron chi connectivity index (χ1n) is 7.56. The molecule has 1 aromatic heterocycles. The summed E-state index contributed by atoms with van der Waals surface area (Å²) in [4.78, 5) is 14.3. The van der Waals surface area contributed by atoms with Crippen LogP contribution in [0.5, 0.6) is 0 Å². The Labute approximate surface area is 135 Å². The maximum absolute atomic E-state index is 12.5. The summed E-state index contributed by atoms with van der Waals surface area (Å²) in [5, 5.41) is 7.42. The summed E-state index contributed by atoms with van der Waals surface area (Å²) in [7, 11) is -3.25. The summed E-state index contributed by atoms with van der Waals surface area (Å²) in [5.41, 5.74) is 0.517. The summed E-state index contributed by atoms with van der Waals surface area (Å²) in [6.07, 6.45) is 4.76. The molecule has 2 aliphatic rings. The molecule has 1 N–H and O–H groups in total. The van der Waals surface area contributed by atoms with Gasteiger partial charge in [0.2, 0.25) is 10.0 Å². The van der Waals surface area contributed by atoms with Gasteiger partial charge in [0, 0.05) is 25.6 Å². The van der Waals surface area contributed by atoms with Crippen molar-refractivity contribution in [2.75, 3.05) is 32.5 Å². The number of ether oxygens (including phenoxy) is 1. The van der Waals surface area contributed by atoms with E-state index in [1.165, 1.54) is 12.4 Å². The first-order chi connectivity index (χ1) is 10.9. The average molecular weight is 340 g/mol. The summed E-state index contributed by atoms with van der Waals surface area (Å²) < 4.78 is 30.8. The number of sulfonamides is 1. The third-order valence-corrected chi connectivity index (χ3v) is 5.16. The van der Waals surface area contributed by atoms with Gasteiger partial charge in [-0.05, 0) is 18.4 Å². The highest BCUT2D eigenvalue weighted by atomic mass is 32.2. The van der Waals surface area contributed by atoms with Crippen LogP contribution in [0.4, 0.5) is 0 Å². The topological polar surface area (TPSA) is 101 Å².